The van der Waals surface area contributed by atoms with Gasteiger partial charge >= 0.3 is 0 Å². The minimum Gasteiger partial charge on any atom is -0.355 e. The topological polar surface area (TPSA) is 72.0 Å². The molecule has 0 spiro atoms. The second kappa shape index (κ2) is 7.16. The Morgan fingerprint density at radius 1 is 1.41 bits per heavy atom. The van der Waals surface area contributed by atoms with Crippen molar-refractivity contribution in [3.63, 3.8) is 0 Å². The third-order valence-corrected chi connectivity index (χ3v) is 5.29. The van der Waals surface area contributed by atoms with Crippen molar-refractivity contribution in [1.29, 1.82) is 0 Å². The quantitative estimate of drug-likeness (QED) is 0.609. The highest BCUT2D eigenvalue weighted by atomic mass is 79.9. The summed E-state index contributed by atoms with van der Waals surface area (Å²) in [6.07, 6.45) is 7.30. The summed E-state index contributed by atoms with van der Waals surface area (Å²) in [6.45, 7) is 3.08. The first kappa shape index (κ1) is 16.0. The molecule has 0 atom stereocenters. The average molecular weight is 385 g/mol. The summed E-state index contributed by atoms with van der Waals surface area (Å²) in [6, 6.07) is 0. The van der Waals surface area contributed by atoms with E-state index in [1.54, 1.807) is 6.33 Å². The van der Waals surface area contributed by atoms with E-state index < -0.39 is 0 Å². The van der Waals surface area contributed by atoms with Gasteiger partial charge in [0, 0.05) is 45.0 Å². The van der Waals surface area contributed by atoms with Gasteiger partial charge in [-0.1, -0.05) is 0 Å². The number of hydrogen-bond donors (Lipinski definition) is 2. The van der Waals surface area contributed by atoms with Gasteiger partial charge in [-0.15, -0.1) is 0 Å². The Kier molecular flexibility index (Phi) is 5.22. The minimum atomic E-state index is 0.772. The molecule has 1 saturated heterocycles. The third kappa shape index (κ3) is 3.24. The van der Waals surface area contributed by atoms with Gasteiger partial charge in [0.25, 0.3) is 0 Å². The van der Waals surface area contributed by atoms with Gasteiger partial charge in [-0.25, -0.2) is 9.97 Å². The molecule has 1 aliphatic heterocycles. The molecule has 2 aromatic heterocycles. The van der Waals surface area contributed by atoms with Crippen LogP contribution in [-0.2, 0) is 7.05 Å². The van der Waals surface area contributed by atoms with Crippen LogP contribution in [-0.4, -0.2) is 34.2 Å². The maximum Gasteiger partial charge on any atom is 0.156 e. The molecule has 0 unspecified atom stereocenters. The molecular weight excluding hydrogens is 364 g/mol. The largest absolute Gasteiger partial charge is 0.355 e. The van der Waals surface area contributed by atoms with Gasteiger partial charge in [0.1, 0.15) is 17.4 Å². The zero-order valence-corrected chi connectivity index (χ0v) is 15.0. The summed E-state index contributed by atoms with van der Waals surface area (Å²) in [5.74, 6) is 1.82. The lowest BCUT2D eigenvalue weighted by Crippen LogP contribution is -2.35. The summed E-state index contributed by atoms with van der Waals surface area (Å²) in [5.41, 5.74) is 2.09. The predicted octanol–water partition coefficient (Wildman–Crippen LogP) is 2.45. The van der Waals surface area contributed by atoms with Crippen LogP contribution in [0.1, 0.15) is 19.3 Å². The lowest BCUT2D eigenvalue weighted by Gasteiger charge is -2.33. The van der Waals surface area contributed by atoms with Crippen LogP contribution in [0.5, 0.6) is 0 Å². The zero-order valence-electron chi connectivity index (χ0n) is 12.6. The average Bonchev–Trinajstić information content (AvgIpc) is 2.83. The lowest BCUT2D eigenvalue weighted by molar-refractivity contribution is 0.382. The Labute approximate surface area is 143 Å². The first-order valence-corrected chi connectivity index (χ1v) is 9.17. The number of piperidine rings is 1. The van der Waals surface area contributed by atoms with Crippen LogP contribution >= 0.6 is 28.1 Å². The summed E-state index contributed by atoms with van der Waals surface area (Å²) in [7, 11) is 2.04. The summed E-state index contributed by atoms with van der Waals surface area (Å²) in [4.78, 5) is 11.3. The summed E-state index contributed by atoms with van der Waals surface area (Å²) >= 11 is 4.78. The van der Waals surface area contributed by atoms with Crippen molar-refractivity contribution >= 4 is 44.9 Å². The molecule has 3 N–H and O–H groups in total. The van der Waals surface area contributed by atoms with Crippen molar-refractivity contribution < 1.29 is 0 Å². The number of aryl methyl sites for hydroxylation is 1. The number of nitrogens with one attached hydrogen (secondary N) is 1. The van der Waals surface area contributed by atoms with E-state index in [2.05, 4.69) is 40.1 Å². The fraction of sp³-hybridized carbons (Fsp3) is 0.571. The molecule has 6 nitrogen and oxygen atoms in total. The smallest absolute Gasteiger partial charge is 0.156 e. The Morgan fingerprint density at radius 3 is 2.91 bits per heavy atom. The number of anilines is 1. The van der Waals surface area contributed by atoms with Gasteiger partial charge in [0.15, 0.2) is 5.82 Å². The van der Waals surface area contributed by atoms with E-state index in [1.807, 2.05) is 13.2 Å². The molecule has 22 heavy (non-hydrogen) atoms. The van der Waals surface area contributed by atoms with Crippen LogP contribution in [0.15, 0.2) is 17.0 Å². The Hall–Kier alpha value is -0.830. The fourth-order valence-corrected chi connectivity index (χ4v) is 3.98. The minimum absolute atomic E-state index is 0.772. The summed E-state index contributed by atoms with van der Waals surface area (Å²) < 4.78 is 6.25. The second-order valence-corrected chi connectivity index (χ2v) is 7.09. The molecule has 0 aromatic carbocycles. The van der Waals surface area contributed by atoms with E-state index in [9.17, 15) is 0 Å². The molecule has 3 rings (SSSR count). The van der Waals surface area contributed by atoms with Crippen molar-refractivity contribution in [2.45, 2.75) is 19.3 Å². The highest BCUT2D eigenvalue weighted by Gasteiger charge is 2.23. The van der Waals surface area contributed by atoms with E-state index in [-0.39, 0.29) is 0 Å². The van der Waals surface area contributed by atoms with Crippen molar-refractivity contribution in [3.8, 4) is 0 Å². The monoisotopic (exact) mass is 384 g/mol. The molecule has 3 heterocycles. The third-order valence-electron chi connectivity index (χ3n) is 4.34. The van der Waals surface area contributed by atoms with E-state index in [1.165, 1.54) is 31.4 Å². The highest BCUT2D eigenvalue weighted by Crippen LogP contribution is 2.32. The van der Waals surface area contributed by atoms with Crippen LogP contribution in [0, 0.1) is 5.92 Å². The van der Waals surface area contributed by atoms with Crippen LogP contribution in [0.3, 0.4) is 0 Å². The van der Waals surface area contributed by atoms with Gasteiger partial charge in [-0.05, 0) is 41.1 Å². The lowest BCUT2D eigenvalue weighted by atomic mass is 9.93. The molecule has 1 fully saturated rings. The van der Waals surface area contributed by atoms with Crippen LogP contribution in [0.25, 0.3) is 11.0 Å². The Morgan fingerprint density at radius 2 is 2.18 bits per heavy atom. The normalized spacial score (nSPS) is 16.6. The standard InChI is InChI=1S/C14H21BrN6S/c1-20-8-11(15)12-13(20)14(18-9-17-12)21-6-3-10(4-7-21)2-5-19-22-16/h8-10,19H,2-7,16H2,1H3. The molecule has 1 aliphatic rings. The zero-order chi connectivity index (χ0) is 15.5. The Balaban J connectivity index is 1.71. The van der Waals surface area contributed by atoms with Gasteiger partial charge in [-0.2, -0.15) is 0 Å². The van der Waals surface area contributed by atoms with E-state index in [0.29, 0.717) is 0 Å². The number of fused-ring (bicyclic) bond motifs is 1. The molecule has 0 saturated carbocycles. The van der Waals surface area contributed by atoms with E-state index >= 15 is 0 Å². The number of halogens is 1. The molecule has 0 amide bonds. The SMILES string of the molecule is Cn1cc(Br)c2ncnc(N3CCC(CCNSN)CC3)c21. The highest BCUT2D eigenvalue weighted by molar-refractivity contribution is 9.10. The number of nitrogens with zero attached hydrogens (tertiary/aromatic N) is 4. The van der Waals surface area contributed by atoms with Crippen molar-refractivity contribution in [1.82, 2.24) is 19.3 Å². The number of aromatic nitrogens is 3. The van der Waals surface area contributed by atoms with Crippen LogP contribution in [0.4, 0.5) is 5.82 Å². The van der Waals surface area contributed by atoms with Crippen LogP contribution in [0.2, 0.25) is 0 Å². The molecule has 8 heteroatoms. The van der Waals surface area contributed by atoms with Crippen molar-refractivity contribution in [2.75, 3.05) is 24.5 Å². The van der Waals surface area contributed by atoms with Gasteiger partial charge in [0.2, 0.25) is 0 Å². The molecule has 0 radical (unpaired) electrons. The maximum atomic E-state index is 5.39. The first-order chi connectivity index (χ1) is 10.7. The second-order valence-electron chi connectivity index (χ2n) is 5.71. The number of nitrogens with two attached hydrogens (primary N) is 1. The summed E-state index contributed by atoms with van der Waals surface area (Å²) in [5, 5.41) is 5.39. The number of hydrogen-bond acceptors (Lipinski definition) is 6. The fourth-order valence-electron chi connectivity index (χ4n) is 3.15. The van der Waals surface area contributed by atoms with Crippen molar-refractivity contribution in [3.05, 3.63) is 17.0 Å². The molecule has 120 valence electrons. The molecule has 0 bridgehead atoms. The molecule has 0 aliphatic carbocycles. The van der Waals surface area contributed by atoms with Crippen molar-refractivity contribution in [2.24, 2.45) is 18.1 Å². The maximum absolute atomic E-state index is 5.39. The first-order valence-electron chi connectivity index (χ1n) is 7.49. The van der Waals surface area contributed by atoms with Gasteiger partial charge in [0.05, 0.1) is 4.47 Å². The van der Waals surface area contributed by atoms with E-state index in [0.717, 1.165) is 46.9 Å². The molecule has 2 aromatic rings. The van der Waals surface area contributed by atoms with Gasteiger partial charge < -0.3 is 9.47 Å². The Bertz CT molecular complexity index is 638. The van der Waals surface area contributed by atoms with Gasteiger partial charge in [-0.3, -0.25) is 9.86 Å². The predicted molar refractivity (Wildman–Crippen MR) is 95.5 cm³/mol. The van der Waals surface area contributed by atoms with Crippen LogP contribution < -0.4 is 14.8 Å². The number of rotatable bonds is 5. The van der Waals surface area contributed by atoms with E-state index in [4.69, 9.17) is 5.14 Å². The molecular formula is C14H21BrN6S.